The second kappa shape index (κ2) is 5.60. The Hall–Kier alpha value is -1.03. The zero-order valence-corrected chi connectivity index (χ0v) is 7.30. The highest BCUT2D eigenvalue weighted by Crippen LogP contribution is 1.99. The molecule has 0 bridgehead atoms. The lowest BCUT2D eigenvalue weighted by molar-refractivity contribution is -0.137. The second-order valence-electron chi connectivity index (χ2n) is 2.33. The molecular formula is C7H11ClN2O2. The summed E-state index contributed by atoms with van der Waals surface area (Å²) in [5.41, 5.74) is 0.992. The van der Waals surface area contributed by atoms with Gasteiger partial charge < -0.3 is 5.11 Å². The number of aromatic nitrogens is 2. The average Bonchev–Trinajstić information content (AvgIpc) is 2.39. The Kier molecular flexibility index (Phi) is 5.12. The molecule has 0 saturated carbocycles. The molecule has 0 aliphatic carbocycles. The molecular weight excluding hydrogens is 180 g/mol. The number of halogens is 1. The van der Waals surface area contributed by atoms with Crippen molar-refractivity contribution in [1.29, 1.82) is 0 Å². The average molecular weight is 191 g/mol. The van der Waals surface area contributed by atoms with Crippen LogP contribution in [0.2, 0.25) is 0 Å². The fraction of sp³-hybridized carbons (Fsp3) is 0.429. The van der Waals surface area contributed by atoms with Crippen molar-refractivity contribution in [2.24, 2.45) is 0 Å². The molecule has 0 unspecified atom stereocenters. The molecule has 0 saturated heterocycles. The topological polar surface area (TPSA) is 66.0 Å². The van der Waals surface area contributed by atoms with Gasteiger partial charge in [0.05, 0.1) is 0 Å². The van der Waals surface area contributed by atoms with Gasteiger partial charge in [-0.2, -0.15) is 5.10 Å². The quantitative estimate of drug-likeness (QED) is 0.751. The molecule has 0 fully saturated rings. The summed E-state index contributed by atoms with van der Waals surface area (Å²) < 4.78 is 0. The third-order valence-corrected chi connectivity index (χ3v) is 1.40. The predicted molar refractivity (Wildman–Crippen MR) is 46.4 cm³/mol. The van der Waals surface area contributed by atoms with E-state index in [4.69, 9.17) is 5.11 Å². The number of H-pyrrole nitrogens is 1. The molecule has 1 rings (SSSR count). The molecule has 0 radical (unpaired) electrons. The van der Waals surface area contributed by atoms with Gasteiger partial charge in [0.1, 0.15) is 0 Å². The van der Waals surface area contributed by atoms with E-state index >= 15 is 0 Å². The number of nitrogens with zero attached hydrogens (tertiary/aromatic N) is 1. The van der Waals surface area contributed by atoms with Crippen LogP contribution < -0.4 is 0 Å². The zero-order chi connectivity index (χ0) is 8.10. The van der Waals surface area contributed by atoms with Crippen molar-refractivity contribution < 1.29 is 9.90 Å². The summed E-state index contributed by atoms with van der Waals surface area (Å²) in [6.07, 6.45) is 3.30. The molecule has 0 aromatic carbocycles. The molecule has 0 spiro atoms. The van der Waals surface area contributed by atoms with E-state index in [9.17, 15) is 4.79 Å². The lowest BCUT2D eigenvalue weighted by Gasteiger charge is -1.92. The third kappa shape index (κ3) is 3.98. The lowest BCUT2D eigenvalue weighted by atomic mass is 10.2. The van der Waals surface area contributed by atoms with Crippen LogP contribution in [0.5, 0.6) is 0 Å². The summed E-state index contributed by atoms with van der Waals surface area (Å²) in [6, 6.07) is 1.85. The van der Waals surface area contributed by atoms with E-state index in [2.05, 4.69) is 10.2 Å². The van der Waals surface area contributed by atoms with Gasteiger partial charge in [-0.1, -0.05) is 0 Å². The minimum atomic E-state index is -0.746. The zero-order valence-electron chi connectivity index (χ0n) is 6.49. The van der Waals surface area contributed by atoms with E-state index in [1.807, 2.05) is 6.07 Å². The maximum absolute atomic E-state index is 10.1. The molecule has 68 valence electrons. The molecule has 12 heavy (non-hydrogen) atoms. The largest absolute Gasteiger partial charge is 0.481 e. The first kappa shape index (κ1) is 11.0. The van der Waals surface area contributed by atoms with E-state index in [1.54, 1.807) is 6.20 Å². The summed E-state index contributed by atoms with van der Waals surface area (Å²) in [4.78, 5) is 10.1. The van der Waals surface area contributed by atoms with Crippen LogP contribution in [0.1, 0.15) is 18.5 Å². The summed E-state index contributed by atoms with van der Waals surface area (Å²) in [5.74, 6) is -0.746. The van der Waals surface area contributed by atoms with Crippen LogP contribution in [0.25, 0.3) is 0 Å². The van der Waals surface area contributed by atoms with Gasteiger partial charge in [-0.3, -0.25) is 9.89 Å². The van der Waals surface area contributed by atoms with Gasteiger partial charge >= 0.3 is 5.97 Å². The van der Waals surface area contributed by atoms with Crippen LogP contribution in [0, 0.1) is 0 Å². The first-order chi connectivity index (χ1) is 5.29. The smallest absolute Gasteiger partial charge is 0.303 e. The Morgan fingerprint density at radius 1 is 1.67 bits per heavy atom. The number of hydrogen-bond donors (Lipinski definition) is 2. The lowest BCUT2D eigenvalue weighted by Crippen LogP contribution is -1.95. The van der Waals surface area contributed by atoms with Gasteiger partial charge in [0.2, 0.25) is 0 Å². The molecule has 2 N–H and O–H groups in total. The highest BCUT2D eigenvalue weighted by atomic mass is 35.5. The minimum absolute atomic E-state index is 0. The van der Waals surface area contributed by atoms with Gasteiger partial charge in [0.25, 0.3) is 0 Å². The highest BCUT2D eigenvalue weighted by Gasteiger charge is 1.97. The van der Waals surface area contributed by atoms with Crippen molar-refractivity contribution in [3.8, 4) is 0 Å². The molecule has 0 aliphatic heterocycles. The Labute approximate surface area is 76.4 Å². The molecule has 0 amide bonds. The monoisotopic (exact) mass is 190 g/mol. The van der Waals surface area contributed by atoms with E-state index in [0.717, 1.165) is 12.1 Å². The molecule has 5 heteroatoms. The molecule has 1 heterocycles. The fourth-order valence-electron chi connectivity index (χ4n) is 0.854. The van der Waals surface area contributed by atoms with Gasteiger partial charge in [-0.25, -0.2) is 0 Å². The number of aromatic amines is 1. The van der Waals surface area contributed by atoms with Crippen LogP contribution in [-0.2, 0) is 11.2 Å². The number of aryl methyl sites for hydroxylation is 1. The van der Waals surface area contributed by atoms with Crippen molar-refractivity contribution in [2.45, 2.75) is 19.3 Å². The summed E-state index contributed by atoms with van der Waals surface area (Å²) in [6.45, 7) is 0. The van der Waals surface area contributed by atoms with Crippen molar-refractivity contribution in [1.82, 2.24) is 10.2 Å². The van der Waals surface area contributed by atoms with E-state index in [1.165, 1.54) is 0 Å². The van der Waals surface area contributed by atoms with Crippen LogP contribution >= 0.6 is 12.4 Å². The number of carboxylic acids is 1. The summed E-state index contributed by atoms with van der Waals surface area (Å²) >= 11 is 0. The number of rotatable bonds is 4. The van der Waals surface area contributed by atoms with Gasteiger partial charge in [0.15, 0.2) is 0 Å². The van der Waals surface area contributed by atoms with E-state index < -0.39 is 5.97 Å². The Morgan fingerprint density at radius 2 is 2.42 bits per heavy atom. The first-order valence-electron chi connectivity index (χ1n) is 3.49. The molecule has 0 atom stereocenters. The van der Waals surface area contributed by atoms with E-state index in [-0.39, 0.29) is 18.8 Å². The van der Waals surface area contributed by atoms with Crippen molar-refractivity contribution in [3.05, 3.63) is 18.0 Å². The maximum Gasteiger partial charge on any atom is 0.303 e. The third-order valence-electron chi connectivity index (χ3n) is 1.40. The highest BCUT2D eigenvalue weighted by molar-refractivity contribution is 5.85. The number of carbonyl (C=O) groups is 1. The first-order valence-corrected chi connectivity index (χ1v) is 3.49. The van der Waals surface area contributed by atoms with Gasteiger partial charge in [-0.15, -0.1) is 12.4 Å². The van der Waals surface area contributed by atoms with E-state index in [0.29, 0.717) is 6.42 Å². The Morgan fingerprint density at radius 3 is 2.92 bits per heavy atom. The SMILES string of the molecule is Cl.O=C(O)CCCc1ccn[nH]1. The maximum atomic E-state index is 10.1. The number of aliphatic carboxylic acids is 1. The standard InChI is InChI=1S/C7H10N2O2.ClH/c10-7(11)3-1-2-6-4-5-8-9-6;/h4-5H,1-3H2,(H,8,9)(H,10,11);1H. The van der Waals surface area contributed by atoms with Gasteiger partial charge in [0, 0.05) is 18.3 Å². The van der Waals surface area contributed by atoms with Crippen LogP contribution in [-0.4, -0.2) is 21.3 Å². The Bertz CT molecular complexity index is 223. The summed E-state index contributed by atoms with van der Waals surface area (Å²) in [7, 11) is 0. The molecule has 4 nitrogen and oxygen atoms in total. The van der Waals surface area contributed by atoms with Gasteiger partial charge in [-0.05, 0) is 18.9 Å². The van der Waals surface area contributed by atoms with Crippen LogP contribution in [0.4, 0.5) is 0 Å². The van der Waals surface area contributed by atoms with Crippen molar-refractivity contribution in [2.75, 3.05) is 0 Å². The second-order valence-corrected chi connectivity index (χ2v) is 2.33. The van der Waals surface area contributed by atoms with Crippen molar-refractivity contribution >= 4 is 18.4 Å². The summed E-state index contributed by atoms with van der Waals surface area (Å²) in [5, 5.41) is 14.8. The van der Waals surface area contributed by atoms with Crippen LogP contribution in [0.3, 0.4) is 0 Å². The fourth-order valence-corrected chi connectivity index (χ4v) is 0.854. The number of nitrogens with one attached hydrogen (secondary N) is 1. The predicted octanol–water partition coefficient (Wildman–Crippen LogP) is 1.24. The Balaban J connectivity index is 0.00000121. The normalized spacial score (nSPS) is 9.00. The molecule has 1 aromatic rings. The molecule has 1 aromatic heterocycles. The van der Waals surface area contributed by atoms with Crippen molar-refractivity contribution in [3.63, 3.8) is 0 Å². The minimum Gasteiger partial charge on any atom is -0.481 e. The van der Waals surface area contributed by atoms with Crippen LogP contribution in [0.15, 0.2) is 12.3 Å². The number of hydrogen-bond acceptors (Lipinski definition) is 2. The molecule has 0 aliphatic rings. The number of carboxylic acid groups (broad SMARTS) is 1.